The van der Waals surface area contributed by atoms with Gasteiger partial charge in [0.2, 0.25) is 0 Å². The third-order valence-corrected chi connectivity index (χ3v) is 3.52. The lowest BCUT2D eigenvalue weighted by atomic mass is 10.1. The maximum absolute atomic E-state index is 12.1. The van der Waals surface area contributed by atoms with Crippen LogP contribution in [0.15, 0.2) is 48.5 Å². The summed E-state index contributed by atoms with van der Waals surface area (Å²) < 4.78 is 10.9. The van der Waals surface area contributed by atoms with Gasteiger partial charge in [0.15, 0.2) is 17.6 Å². The molecular weight excluding hydrogens is 304 g/mol. The van der Waals surface area contributed by atoms with Crippen LogP contribution in [-0.2, 0) is 11.2 Å². The van der Waals surface area contributed by atoms with E-state index in [1.54, 1.807) is 25.1 Å². The van der Waals surface area contributed by atoms with E-state index < -0.39 is 6.10 Å². The second-order valence-corrected chi connectivity index (χ2v) is 5.26. The van der Waals surface area contributed by atoms with E-state index in [4.69, 9.17) is 14.7 Å². The number of hydrogen-bond donors (Lipinski definition) is 1. The Morgan fingerprint density at radius 2 is 1.96 bits per heavy atom. The highest BCUT2D eigenvalue weighted by Gasteiger charge is 2.16. The van der Waals surface area contributed by atoms with Crippen LogP contribution in [0.4, 0.5) is 0 Å². The van der Waals surface area contributed by atoms with Crippen LogP contribution in [0.2, 0.25) is 0 Å². The molecule has 124 valence electrons. The molecule has 5 heteroatoms. The fourth-order valence-electron chi connectivity index (χ4n) is 2.20. The van der Waals surface area contributed by atoms with E-state index in [0.29, 0.717) is 23.6 Å². The molecule has 1 atom stereocenters. The number of amides is 1. The molecule has 0 spiro atoms. The number of carbonyl (C=O) groups excluding carboxylic acids is 1. The number of nitriles is 1. The van der Waals surface area contributed by atoms with E-state index >= 15 is 0 Å². The van der Waals surface area contributed by atoms with Crippen molar-refractivity contribution in [1.29, 1.82) is 5.26 Å². The Hall–Kier alpha value is -3.00. The molecule has 0 bridgehead atoms. The predicted molar refractivity (Wildman–Crippen MR) is 91.0 cm³/mol. The highest BCUT2D eigenvalue weighted by Crippen LogP contribution is 2.28. The smallest absolute Gasteiger partial charge is 0.260 e. The van der Waals surface area contributed by atoms with Crippen LogP contribution in [0.3, 0.4) is 0 Å². The summed E-state index contributed by atoms with van der Waals surface area (Å²) in [7, 11) is 1.49. The minimum absolute atomic E-state index is 0.197. The first-order valence-electron chi connectivity index (χ1n) is 7.70. The largest absolute Gasteiger partial charge is 0.493 e. The molecule has 0 radical (unpaired) electrons. The molecule has 0 unspecified atom stereocenters. The van der Waals surface area contributed by atoms with E-state index in [1.165, 1.54) is 12.7 Å². The zero-order valence-electron chi connectivity index (χ0n) is 13.8. The average molecular weight is 324 g/mol. The fourth-order valence-corrected chi connectivity index (χ4v) is 2.20. The molecule has 0 aromatic heterocycles. The Bertz CT molecular complexity index is 723. The number of benzene rings is 2. The number of carbonyl (C=O) groups is 1. The standard InChI is InChI=1S/C19H20N2O3/c1-14(19(22)21-11-10-15-6-4-3-5-7-15)24-17-9-8-16(13-20)12-18(17)23-2/h3-9,12,14H,10-11H2,1-2H3,(H,21,22)/t14-/m1/s1. The van der Waals surface area contributed by atoms with Gasteiger partial charge in [-0.3, -0.25) is 4.79 Å². The molecule has 1 amide bonds. The Morgan fingerprint density at radius 1 is 1.21 bits per heavy atom. The molecule has 0 aliphatic carbocycles. The van der Waals surface area contributed by atoms with Crippen LogP contribution in [0, 0.1) is 11.3 Å². The molecule has 2 rings (SSSR count). The second kappa shape index (κ2) is 8.59. The summed E-state index contributed by atoms with van der Waals surface area (Å²) >= 11 is 0. The van der Waals surface area contributed by atoms with Crippen molar-refractivity contribution >= 4 is 5.91 Å². The van der Waals surface area contributed by atoms with Crippen molar-refractivity contribution in [2.24, 2.45) is 0 Å². The number of ether oxygens (including phenoxy) is 2. The Balaban J connectivity index is 1.88. The minimum Gasteiger partial charge on any atom is -0.493 e. The molecule has 2 aromatic carbocycles. The van der Waals surface area contributed by atoms with Crippen molar-refractivity contribution in [1.82, 2.24) is 5.32 Å². The monoisotopic (exact) mass is 324 g/mol. The number of nitrogens with zero attached hydrogens (tertiary/aromatic N) is 1. The third-order valence-electron chi connectivity index (χ3n) is 3.52. The van der Waals surface area contributed by atoms with Gasteiger partial charge >= 0.3 is 0 Å². The van der Waals surface area contributed by atoms with Crippen molar-refractivity contribution in [3.63, 3.8) is 0 Å². The number of nitrogens with one attached hydrogen (secondary N) is 1. The first-order valence-corrected chi connectivity index (χ1v) is 7.70. The zero-order chi connectivity index (χ0) is 17.4. The van der Waals surface area contributed by atoms with Gasteiger partial charge in [0.25, 0.3) is 5.91 Å². The highest BCUT2D eigenvalue weighted by molar-refractivity contribution is 5.80. The van der Waals surface area contributed by atoms with Gasteiger partial charge in [0, 0.05) is 12.6 Å². The topological polar surface area (TPSA) is 71.3 Å². The Labute approximate surface area is 141 Å². The van der Waals surface area contributed by atoms with Gasteiger partial charge in [-0.05, 0) is 31.0 Å². The van der Waals surface area contributed by atoms with E-state index in [-0.39, 0.29) is 5.91 Å². The van der Waals surface area contributed by atoms with Gasteiger partial charge < -0.3 is 14.8 Å². The van der Waals surface area contributed by atoms with E-state index in [0.717, 1.165) is 6.42 Å². The fraction of sp³-hybridized carbons (Fsp3) is 0.263. The van der Waals surface area contributed by atoms with E-state index in [9.17, 15) is 4.79 Å². The number of hydrogen-bond acceptors (Lipinski definition) is 4. The van der Waals surface area contributed by atoms with Crippen LogP contribution in [0.25, 0.3) is 0 Å². The zero-order valence-corrected chi connectivity index (χ0v) is 13.8. The Morgan fingerprint density at radius 3 is 2.62 bits per heavy atom. The van der Waals surface area contributed by atoms with Crippen molar-refractivity contribution in [3.05, 3.63) is 59.7 Å². The van der Waals surface area contributed by atoms with Gasteiger partial charge in [0.05, 0.1) is 18.7 Å². The Kier molecular flexibility index (Phi) is 6.21. The lowest BCUT2D eigenvalue weighted by Crippen LogP contribution is -2.37. The maximum atomic E-state index is 12.1. The number of rotatable bonds is 7. The maximum Gasteiger partial charge on any atom is 0.260 e. The minimum atomic E-state index is -0.664. The SMILES string of the molecule is COc1cc(C#N)ccc1O[C@H](C)C(=O)NCCc1ccccc1. The van der Waals surface area contributed by atoms with E-state index in [2.05, 4.69) is 5.32 Å². The molecular formula is C19H20N2O3. The molecule has 0 saturated carbocycles. The second-order valence-electron chi connectivity index (χ2n) is 5.26. The first-order chi connectivity index (χ1) is 11.6. The predicted octanol–water partition coefficient (Wildman–Crippen LogP) is 2.69. The summed E-state index contributed by atoms with van der Waals surface area (Å²) in [5.74, 6) is 0.664. The van der Waals surface area contributed by atoms with Crippen LogP contribution < -0.4 is 14.8 Å². The highest BCUT2D eigenvalue weighted by atomic mass is 16.5. The molecule has 0 heterocycles. The van der Waals surface area contributed by atoms with Crippen molar-refractivity contribution in [2.75, 3.05) is 13.7 Å². The molecule has 0 fully saturated rings. The van der Waals surface area contributed by atoms with Crippen molar-refractivity contribution in [3.8, 4) is 17.6 Å². The van der Waals surface area contributed by atoms with Gasteiger partial charge in [-0.1, -0.05) is 30.3 Å². The molecule has 0 aliphatic rings. The van der Waals surface area contributed by atoms with Gasteiger partial charge in [-0.2, -0.15) is 5.26 Å². The lowest BCUT2D eigenvalue weighted by Gasteiger charge is -2.16. The summed E-state index contributed by atoms with van der Waals surface area (Å²) in [5, 5.41) is 11.8. The summed E-state index contributed by atoms with van der Waals surface area (Å²) in [5.41, 5.74) is 1.64. The average Bonchev–Trinajstić information content (AvgIpc) is 2.62. The van der Waals surface area contributed by atoms with Crippen molar-refractivity contribution < 1.29 is 14.3 Å². The van der Waals surface area contributed by atoms with Crippen LogP contribution in [0.5, 0.6) is 11.5 Å². The quantitative estimate of drug-likeness (QED) is 0.850. The molecule has 2 aromatic rings. The molecule has 0 saturated heterocycles. The summed E-state index contributed by atoms with van der Waals surface area (Å²) in [6.45, 7) is 2.22. The normalized spacial score (nSPS) is 11.2. The van der Waals surface area contributed by atoms with Crippen molar-refractivity contribution in [2.45, 2.75) is 19.4 Å². The van der Waals surface area contributed by atoms with Gasteiger partial charge in [-0.25, -0.2) is 0 Å². The molecule has 0 aliphatic heterocycles. The van der Waals surface area contributed by atoms with Gasteiger partial charge in [-0.15, -0.1) is 0 Å². The van der Waals surface area contributed by atoms with Gasteiger partial charge in [0.1, 0.15) is 0 Å². The molecule has 24 heavy (non-hydrogen) atoms. The summed E-state index contributed by atoms with van der Waals surface area (Å²) in [4.78, 5) is 12.1. The molecule has 1 N–H and O–H groups in total. The van der Waals surface area contributed by atoms with Crippen LogP contribution in [-0.4, -0.2) is 25.7 Å². The first kappa shape index (κ1) is 17.4. The number of methoxy groups -OCH3 is 1. The summed E-state index contributed by atoms with van der Waals surface area (Å²) in [6.07, 6.45) is 0.0991. The summed E-state index contributed by atoms with van der Waals surface area (Å²) in [6, 6.07) is 16.8. The van der Waals surface area contributed by atoms with Crippen LogP contribution in [0.1, 0.15) is 18.1 Å². The van der Waals surface area contributed by atoms with Crippen LogP contribution >= 0.6 is 0 Å². The lowest BCUT2D eigenvalue weighted by molar-refractivity contribution is -0.127. The third kappa shape index (κ3) is 4.75. The van der Waals surface area contributed by atoms with E-state index in [1.807, 2.05) is 36.4 Å². The molecule has 5 nitrogen and oxygen atoms in total.